The quantitative estimate of drug-likeness (QED) is 0.772. The van der Waals surface area contributed by atoms with E-state index in [0.717, 1.165) is 23.2 Å². The normalized spacial score (nSPS) is 12.1. The Hall–Kier alpha value is -1.32. The van der Waals surface area contributed by atoms with Gasteiger partial charge in [-0.05, 0) is 43.2 Å². The summed E-state index contributed by atoms with van der Waals surface area (Å²) < 4.78 is 6.78. The van der Waals surface area contributed by atoms with Gasteiger partial charge in [-0.25, -0.2) is 0 Å². The van der Waals surface area contributed by atoms with Gasteiger partial charge in [0, 0.05) is 17.1 Å². The fraction of sp³-hybridized carbons (Fsp3) is 0.294. The van der Waals surface area contributed by atoms with Gasteiger partial charge in [-0.15, -0.1) is 0 Å². The maximum absolute atomic E-state index is 5.65. The van der Waals surface area contributed by atoms with Crippen molar-refractivity contribution in [3.8, 4) is 5.75 Å². The number of hydrogen-bond acceptors (Lipinski definition) is 2. The van der Waals surface area contributed by atoms with Crippen LogP contribution in [0, 0.1) is 0 Å². The van der Waals surface area contributed by atoms with E-state index in [-0.39, 0.29) is 0 Å². The topological polar surface area (TPSA) is 21.3 Å². The fourth-order valence-electron chi connectivity index (χ4n) is 2.04. The molecule has 2 nitrogen and oxygen atoms in total. The minimum atomic E-state index is 0.440. The first kappa shape index (κ1) is 15.1. The number of ether oxygens (including phenoxy) is 1. The summed E-state index contributed by atoms with van der Waals surface area (Å²) in [6, 6.07) is 18.8. The smallest absolute Gasteiger partial charge is 0.119 e. The Labute approximate surface area is 129 Å². The predicted octanol–water partition coefficient (Wildman–Crippen LogP) is 4.05. The Kier molecular flexibility index (Phi) is 6.09. The SMILES string of the molecule is CC(Cc1ccc(Br)cc1)NCCOc1ccccc1. The zero-order valence-corrected chi connectivity index (χ0v) is 13.3. The molecule has 0 radical (unpaired) electrons. The summed E-state index contributed by atoms with van der Waals surface area (Å²) >= 11 is 3.45. The van der Waals surface area contributed by atoms with Gasteiger partial charge >= 0.3 is 0 Å². The minimum Gasteiger partial charge on any atom is -0.492 e. The molecule has 0 heterocycles. The van der Waals surface area contributed by atoms with Crippen molar-refractivity contribution >= 4 is 15.9 Å². The van der Waals surface area contributed by atoms with Crippen LogP contribution in [0.2, 0.25) is 0 Å². The zero-order valence-electron chi connectivity index (χ0n) is 11.7. The molecular formula is C17H20BrNO. The molecular weight excluding hydrogens is 314 g/mol. The van der Waals surface area contributed by atoms with Crippen LogP contribution in [0.3, 0.4) is 0 Å². The standard InChI is InChI=1S/C17H20BrNO/c1-14(13-15-7-9-16(18)10-8-15)19-11-12-20-17-5-3-2-4-6-17/h2-10,14,19H,11-13H2,1H3. The van der Waals surface area contributed by atoms with E-state index in [4.69, 9.17) is 4.74 Å². The first-order valence-electron chi connectivity index (χ1n) is 6.90. The molecule has 0 bridgehead atoms. The number of rotatable bonds is 7. The van der Waals surface area contributed by atoms with E-state index in [1.54, 1.807) is 0 Å². The molecule has 0 aliphatic rings. The Morgan fingerprint density at radius 2 is 1.75 bits per heavy atom. The third kappa shape index (κ3) is 5.35. The molecule has 1 N–H and O–H groups in total. The second kappa shape index (κ2) is 8.08. The summed E-state index contributed by atoms with van der Waals surface area (Å²) in [6.07, 6.45) is 1.03. The highest BCUT2D eigenvalue weighted by atomic mass is 79.9. The summed E-state index contributed by atoms with van der Waals surface area (Å²) in [5, 5.41) is 3.48. The number of benzene rings is 2. The van der Waals surface area contributed by atoms with Gasteiger partial charge in [-0.2, -0.15) is 0 Å². The van der Waals surface area contributed by atoms with Gasteiger partial charge in [0.1, 0.15) is 12.4 Å². The molecule has 2 aromatic carbocycles. The Bertz CT molecular complexity index is 498. The average molecular weight is 334 g/mol. The van der Waals surface area contributed by atoms with Crippen molar-refractivity contribution < 1.29 is 4.74 Å². The zero-order chi connectivity index (χ0) is 14.2. The molecule has 3 heteroatoms. The van der Waals surface area contributed by atoms with Crippen molar-refractivity contribution in [2.45, 2.75) is 19.4 Å². The molecule has 0 aromatic heterocycles. The maximum Gasteiger partial charge on any atom is 0.119 e. The maximum atomic E-state index is 5.65. The van der Waals surface area contributed by atoms with Crippen LogP contribution < -0.4 is 10.1 Å². The highest BCUT2D eigenvalue weighted by Crippen LogP contribution is 2.12. The Morgan fingerprint density at radius 3 is 2.45 bits per heavy atom. The molecule has 0 aliphatic carbocycles. The molecule has 1 unspecified atom stereocenters. The van der Waals surface area contributed by atoms with E-state index in [1.807, 2.05) is 30.3 Å². The van der Waals surface area contributed by atoms with Crippen LogP contribution in [-0.2, 0) is 6.42 Å². The van der Waals surface area contributed by atoms with Gasteiger partial charge in [0.15, 0.2) is 0 Å². The van der Waals surface area contributed by atoms with Gasteiger partial charge in [-0.1, -0.05) is 46.3 Å². The minimum absolute atomic E-state index is 0.440. The van der Waals surface area contributed by atoms with Crippen molar-refractivity contribution in [1.82, 2.24) is 5.32 Å². The molecule has 0 aliphatic heterocycles. The number of nitrogens with one attached hydrogen (secondary N) is 1. The molecule has 0 spiro atoms. The molecule has 2 aromatic rings. The van der Waals surface area contributed by atoms with E-state index in [9.17, 15) is 0 Å². The second-order valence-electron chi connectivity index (χ2n) is 4.85. The van der Waals surface area contributed by atoms with Crippen molar-refractivity contribution in [3.63, 3.8) is 0 Å². The number of hydrogen-bond donors (Lipinski definition) is 1. The highest BCUT2D eigenvalue weighted by Gasteiger charge is 2.02. The largest absolute Gasteiger partial charge is 0.492 e. The highest BCUT2D eigenvalue weighted by molar-refractivity contribution is 9.10. The van der Waals surface area contributed by atoms with Crippen LogP contribution in [0.15, 0.2) is 59.1 Å². The Morgan fingerprint density at radius 1 is 1.05 bits per heavy atom. The van der Waals surface area contributed by atoms with Crippen molar-refractivity contribution in [3.05, 3.63) is 64.6 Å². The molecule has 20 heavy (non-hydrogen) atoms. The molecule has 106 valence electrons. The van der Waals surface area contributed by atoms with Crippen LogP contribution in [0.4, 0.5) is 0 Å². The molecule has 0 fully saturated rings. The lowest BCUT2D eigenvalue weighted by Crippen LogP contribution is -2.31. The molecule has 0 saturated carbocycles. The van der Waals surface area contributed by atoms with E-state index < -0.39 is 0 Å². The molecule has 0 saturated heterocycles. The summed E-state index contributed by atoms with van der Waals surface area (Å²) in [7, 11) is 0. The summed E-state index contributed by atoms with van der Waals surface area (Å²) in [5.41, 5.74) is 1.34. The lowest BCUT2D eigenvalue weighted by molar-refractivity contribution is 0.306. The summed E-state index contributed by atoms with van der Waals surface area (Å²) in [5.74, 6) is 0.926. The molecule has 0 amide bonds. The molecule has 2 rings (SSSR count). The van der Waals surface area contributed by atoms with Crippen LogP contribution in [0.5, 0.6) is 5.75 Å². The fourth-order valence-corrected chi connectivity index (χ4v) is 2.30. The van der Waals surface area contributed by atoms with E-state index in [1.165, 1.54) is 5.56 Å². The Balaban J connectivity index is 1.65. The second-order valence-corrected chi connectivity index (χ2v) is 5.76. The van der Waals surface area contributed by atoms with Crippen molar-refractivity contribution in [2.75, 3.05) is 13.2 Å². The van der Waals surface area contributed by atoms with Crippen molar-refractivity contribution in [2.24, 2.45) is 0 Å². The van der Waals surface area contributed by atoms with Crippen LogP contribution in [0.1, 0.15) is 12.5 Å². The average Bonchev–Trinajstić information content (AvgIpc) is 2.47. The first-order chi connectivity index (χ1) is 9.74. The third-order valence-electron chi connectivity index (χ3n) is 3.06. The van der Waals surface area contributed by atoms with E-state index in [2.05, 4.69) is 52.4 Å². The lowest BCUT2D eigenvalue weighted by Gasteiger charge is -2.14. The van der Waals surface area contributed by atoms with E-state index >= 15 is 0 Å². The molecule has 1 atom stereocenters. The predicted molar refractivity (Wildman–Crippen MR) is 87.2 cm³/mol. The van der Waals surface area contributed by atoms with Gasteiger partial charge in [-0.3, -0.25) is 0 Å². The summed E-state index contributed by atoms with van der Waals surface area (Å²) in [6.45, 7) is 3.74. The third-order valence-corrected chi connectivity index (χ3v) is 3.59. The first-order valence-corrected chi connectivity index (χ1v) is 7.69. The van der Waals surface area contributed by atoms with Gasteiger partial charge in [0.25, 0.3) is 0 Å². The number of para-hydroxylation sites is 1. The van der Waals surface area contributed by atoms with Crippen LogP contribution >= 0.6 is 15.9 Å². The monoisotopic (exact) mass is 333 g/mol. The van der Waals surface area contributed by atoms with E-state index in [0.29, 0.717) is 12.6 Å². The van der Waals surface area contributed by atoms with Gasteiger partial charge < -0.3 is 10.1 Å². The lowest BCUT2D eigenvalue weighted by atomic mass is 10.1. The number of halogens is 1. The van der Waals surface area contributed by atoms with Gasteiger partial charge in [0.2, 0.25) is 0 Å². The van der Waals surface area contributed by atoms with Gasteiger partial charge in [0.05, 0.1) is 0 Å². The summed E-state index contributed by atoms with van der Waals surface area (Å²) in [4.78, 5) is 0. The van der Waals surface area contributed by atoms with Crippen LogP contribution in [0.25, 0.3) is 0 Å². The van der Waals surface area contributed by atoms with Crippen LogP contribution in [-0.4, -0.2) is 19.2 Å². The van der Waals surface area contributed by atoms with Crippen molar-refractivity contribution in [1.29, 1.82) is 0 Å².